The number of hydrogen-bond donors (Lipinski definition) is 2. The molecule has 114 valence electrons. The minimum atomic E-state index is -0.311. The summed E-state index contributed by atoms with van der Waals surface area (Å²) in [6.45, 7) is 5.30. The molecular weight excluding hydrogens is 266 g/mol. The average molecular weight is 289 g/mol. The molecule has 1 heterocycles. The third kappa shape index (κ3) is 3.54. The van der Waals surface area contributed by atoms with E-state index in [1.54, 1.807) is 0 Å². The van der Waals surface area contributed by atoms with Gasteiger partial charge in [0.05, 0.1) is 6.42 Å². The predicted octanol–water partition coefficient (Wildman–Crippen LogP) is 1.91. The van der Waals surface area contributed by atoms with E-state index in [-0.39, 0.29) is 17.2 Å². The van der Waals surface area contributed by atoms with E-state index in [1.807, 2.05) is 43.0 Å². The van der Waals surface area contributed by atoms with Crippen molar-refractivity contribution in [3.8, 4) is 0 Å². The number of hydrogen-bond acceptors (Lipinski definition) is 3. The van der Waals surface area contributed by atoms with Crippen molar-refractivity contribution in [1.82, 2.24) is 4.90 Å². The fraction of sp³-hybridized carbons (Fsp3) is 0.500. The van der Waals surface area contributed by atoms with Crippen LogP contribution in [0.2, 0.25) is 0 Å². The van der Waals surface area contributed by atoms with E-state index in [2.05, 4.69) is 5.16 Å². The number of likely N-dealkylation sites (tertiary alicyclic amines) is 1. The summed E-state index contributed by atoms with van der Waals surface area (Å²) >= 11 is 0. The van der Waals surface area contributed by atoms with Gasteiger partial charge in [0, 0.05) is 18.5 Å². The summed E-state index contributed by atoms with van der Waals surface area (Å²) in [6.07, 6.45) is 1.88. The van der Waals surface area contributed by atoms with Crippen molar-refractivity contribution in [1.29, 1.82) is 0 Å². The Morgan fingerprint density at radius 3 is 2.67 bits per heavy atom. The lowest BCUT2D eigenvalue weighted by Crippen LogP contribution is -2.47. The van der Waals surface area contributed by atoms with Crippen molar-refractivity contribution in [2.45, 2.75) is 33.1 Å². The van der Waals surface area contributed by atoms with Crippen LogP contribution in [-0.4, -0.2) is 34.9 Å². The van der Waals surface area contributed by atoms with Crippen molar-refractivity contribution in [2.24, 2.45) is 16.3 Å². The minimum absolute atomic E-state index is 0.141. The van der Waals surface area contributed by atoms with Gasteiger partial charge in [0.25, 0.3) is 0 Å². The van der Waals surface area contributed by atoms with Gasteiger partial charge in [-0.1, -0.05) is 41.9 Å². The third-order valence-corrected chi connectivity index (χ3v) is 4.38. The molecular formula is C16H23N3O2. The number of carbonyl (C=O) groups excluding carboxylic acids is 1. The Labute approximate surface area is 125 Å². The molecule has 21 heavy (non-hydrogen) atoms. The summed E-state index contributed by atoms with van der Waals surface area (Å²) in [5.74, 6) is 0.399. The smallest absolute Gasteiger partial charge is 0.226 e. The Morgan fingerprint density at radius 2 is 2.10 bits per heavy atom. The van der Waals surface area contributed by atoms with Crippen LogP contribution >= 0.6 is 0 Å². The van der Waals surface area contributed by atoms with Crippen molar-refractivity contribution in [3.63, 3.8) is 0 Å². The molecule has 0 saturated carbocycles. The second kappa shape index (κ2) is 6.16. The highest BCUT2D eigenvalue weighted by Crippen LogP contribution is 2.31. The van der Waals surface area contributed by atoms with E-state index >= 15 is 0 Å². The molecule has 0 unspecified atom stereocenters. The van der Waals surface area contributed by atoms with Crippen LogP contribution in [0.3, 0.4) is 0 Å². The maximum Gasteiger partial charge on any atom is 0.226 e. The van der Waals surface area contributed by atoms with E-state index in [4.69, 9.17) is 10.9 Å². The van der Waals surface area contributed by atoms with Gasteiger partial charge >= 0.3 is 0 Å². The minimum Gasteiger partial charge on any atom is -0.409 e. The second-order valence-electron chi connectivity index (χ2n) is 6.09. The highest BCUT2D eigenvalue weighted by Gasteiger charge is 2.35. The zero-order valence-electron chi connectivity index (χ0n) is 12.7. The summed E-state index contributed by atoms with van der Waals surface area (Å²) in [7, 11) is 0. The van der Waals surface area contributed by atoms with Crippen LogP contribution in [0, 0.1) is 12.3 Å². The molecule has 2 rings (SSSR count). The van der Waals surface area contributed by atoms with Crippen LogP contribution in [-0.2, 0) is 11.2 Å². The lowest BCUT2D eigenvalue weighted by Gasteiger charge is -2.38. The van der Waals surface area contributed by atoms with Gasteiger partial charge in [-0.05, 0) is 25.3 Å². The van der Waals surface area contributed by atoms with E-state index in [1.165, 1.54) is 5.56 Å². The molecule has 5 nitrogen and oxygen atoms in total. The molecule has 0 aromatic heterocycles. The molecule has 0 radical (unpaired) electrons. The molecule has 0 bridgehead atoms. The Morgan fingerprint density at radius 1 is 1.43 bits per heavy atom. The average Bonchev–Trinajstić information content (AvgIpc) is 2.47. The summed E-state index contributed by atoms with van der Waals surface area (Å²) in [4.78, 5) is 14.2. The fourth-order valence-electron chi connectivity index (χ4n) is 2.74. The monoisotopic (exact) mass is 289 g/mol. The van der Waals surface area contributed by atoms with Gasteiger partial charge < -0.3 is 15.8 Å². The van der Waals surface area contributed by atoms with E-state index in [0.29, 0.717) is 19.5 Å². The molecule has 1 aromatic rings. The Balaban J connectivity index is 1.95. The standard InChI is InChI=1S/C16H23N3O2/c1-12-4-3-5-13(10-12)11-14(20)19-8-6-16(2,7-9-19)15(17)18-21/h3-5,10,21H,6-9,11H2,1-2H3,(H2,17,18). The number of nitrogens with two attached hydrogens (primary N) is 1. The number of rotatable bonds is 3. The quantitative estimate of drug-likeness (QED) is 0.386. The molecule has 1 aromatic carbocycles. The van der Waals surface area contributed by atoms with Gasteiger partial charge in [0.15, 0.2) is 0 Å². The van der Waals surface area contributed by atoms with Crippen LogP contribution < -0.4 is 5.73 Å². The van der Waals surface area contributed by atoms with E-state index in [9.17, 15) is 4.79 Å². The Kier molecular flexibility index (Phi) is 4.50. The normalized spacial score (nSPS) is 18.6. The van der Waals surface area contributed by atoms with Crippen LogP contribution in [0.1, 0.15) is 30.9 Å². The zero-order chi connectivity index (χ0) is 15.5. The van der Waals surface area contributed by atoms with Crippen molar-refractivity contribution in [2.75, 3.05) is 13.1 Å². The first-order chi connectivity index (χ1) is 9.94. The summed E-state index contributed by atoms with van der Waals surface area (Å²) in [5, 5.41) is 12.0. The number of carbonyl (C=O) groups is 1. The van der Waals surface area contributed by atoms with Crippen molar-refractivity contribution >= 4 is 11.7 Å². The fourth-order valence-corrected chi connectivity index (χ4v) is 2.74. The molecule has 0 atom stereocenters. The van der Waals surface area contributed by atoms with Crippen molar-refractivity contribution < 1.29 is 10.0 Å². The van der Waals surface area contributed by atoms with Crippen LogP contribution in [0.4, 0.5) is 0 Å². The van der Waals surface area contributed by atoms with Gasteiger partial charge in [-0.3, -0.25) is 4.79 Å². The maximum atomic E-state index is 12.3. The predicted molar refractivity (Wildman–Crippen MR) is 82.2 cm³/mol. The number of oxime groups is 1. The summed E-state index contributed by atoms with van der Waals surface area (Å²) in [5.41, 5.74) is 7.64. The lowest BCUT2D eigenvalue weighted by molar-refractivity contribution is -0.132. The van der Waals surface area contributed by atoms with Crippen LogP contribution in [0.25, 0.3) is 0 Å². The summed E-state index contributed by atoms with van der Waals surface area (Å²) < 4.78 is 0. The Bertz CT molecular complexity index is 546. The molecule has 0 spiro atoms. The topological polar surface area (TPSA) is 78.9 Å². The van der Waals surface area contributed by atoms with Gasteiger partial charge in [-0.25, -0.2) is 0 Å². The first kappa shape index (κ1) is 15.4. The number of amides is 1. The highest BCUT2D eigenvalue weighted by atomic mass is 16.4. The van der Waals surface area contributed by atoms with E-state index < -0.39 is 0 Å². The molecule has 1 saturated heterocycles. The van der Waals surface area contributed by atoms with Gasteiger partial charge in [-0.15, -0.1) is 0 Å². The summed E-state index contributed by atoms with van der Waals surface area (Å²) in [6, 6.07) is 8.03. The number of piperidine rings is 1. The maximum absolute atomic E-state index is 12.3. The number of aryl methyl sites for hydroxylation is 1. The highest BCUT2D eigenvalue weighted by molar-refractivity contribution is 5.86. The third-order valence-electron chi connectivity index (χ3n) is 4.38. The molecule has 5 heteroatoms. The first-order valence-electron chi connectivity index (χ1n) is 7.26. The molecule has 1 fully saturated rings. The molecule has 1 aliphatic heterocycles. The number of nitrogens with zero attached hydrogens (tertiary/aromatic N) is 2. The molecule has 1 amide bonds. The lowest BCUT2D eigenvalue weighted by atomic mass is 9.79. The number of amidine groups is 1. The SMILES string of the molecule is Cc1cccc(CC(=O)N2CCC(C)(/C(N)=N/O)CC2)c1. The second-order valence-corrected chi connectivity index (χ2v) is 6.09. The van der Waals surface area contributed by atoms with Gasteiger partial charge in [0.2, 0.25) is 5.91 Å². The molecule has 1 aliphatic rings. The van der Waals surface area contributed by atoms with Gasteiger partial charge in [-0.2, -0.15) is 0 Å². The zero-order valence-corrected chi connectivity index (χ0v) is 12.7. The van der Waals surface area contributed by atoms with Crippen LogP contribution in [0.15, 0.2) is 29.4 Å². The molecule has 0 aliphatic carbocycles. The van der Waals surface area contributed by atoms with Gasteiger partial charge in [0.1, 0.15) is 5.84 Å². The Hall–Kier alpha value is -2.04. The largest absolute Gasteiger partial charge is 0.409 e. The van der Waals surface area contributed by atoms with Crippen molar-refractivity contribution in [3.05, 3.63) is 35.4 Å². The first-order valence-corrected chi connectivity index (χ1v) is 7.26. The molecule has 3 N–H and O–H groups in total. The van der Waals surface area contributed by atoms with E-state index in [0.717, 1.165) is 18.4 Å². The number of benzene rings is 1. The van der Waals surface area contributed by atoms with Crippen LogP contribution in [0.5, 0.6) is 0 Å².